The van der Waals surface area contributed by atoms with Gasteiger partial charge >= 0.3 is 0 Å². The predicted molar refractivity (Wildman–Crippen MR) is 43.0 cm³/mol. The Kier molecular flexibility index (Phi) is 4.50. The quantitative estimate of drug-likeness (QED) is 0.575. The van der Waals surface area contributed by atoms with Crippen LogP contribution in [-0.4, -0.2) is 23.3 Å². The van der Waals surface area contributed by atoms with Gasteiger partial charge in [-0.1, -0.05) is 13.8 Å². The summed E-state index contributed by atoms with van der Waals surface area (Å²) in [5, 5.41) is 0. The highest BCUT2D eigenvalue weighted by atomic mass is 16.2. The lowest BCUT2D eigenvalue weighted by Gasteiger charge is -2.22. The van der Waals surface area contributed by atoms with Gasteiger partial charge in [0.1, 0.15) is 0 Å². The second-order valence-electron chi connectivity index (χ2n) is 2.50. The van der Waals surface area contributed by atoms with E-state index in [1.807, 2.05) is 13.8 Å². The molecule has 0 fully saturated rings. The summed E-state index contributed by atoms with van der Waals surface area (Å²) >= 11 is 0. The first-order chi connectivity index (χ1) is 5.17. The van der Waals surface area contributed by atoms with E-state index in [4.69, 9.17) is 0 Å². The molecule has 0 spiro atoms. The van der Waals surface area contributed by atoms with E-state index in [2.05, 4.69) is 0 Å². The van der Waals surface area contributed by atoms with E-state index in [0.29, 0.717) is 6.41 Å². The lowest BCUT2D eigenvalue weighted by atomic mass is 10.1. The van der Waals surface area contributed by atoms with Crippen molar-refractivity contribution < 1.29 is 9.59 Å². The van der Waals surface area contributed by atoms with E-state index >= 15 is 0 Å². The van der Waals surface area contributed by atoms with Crippen molar-refractivity contribution in [2.24, 2.45) is 0 Å². The fourth-order valence-electron chi connectivity index (χ4n) is 1.10. The van der Waals surface area contributed by atoms with Crippen molar-refractivity contribution in [3.8, 4) is 0 Å². The molecule has 3 heteroatoms. The van der Waals surface area contributed by atoms with E-state index in [-0.39, 0.29) is 11.9 Å². The van der Waals surface area contributed by atoms with Crippen molar-refractivity contribution in [3.63, 3.8) is 0 Å². The molecule has 0 unspecified atom stereocenters. The Morgan fingerprint density at radius 3 is 2.00 bits per heavy atom. The molecule has 11 heavy (non-hydrogen) atoms. The normalized spacial score (nSPS) is 9.82. The molecule has 0 aliphatic rings. The van der Waals surface area contributed by atoms with Crippen LogP contribution in [0.1, 0.15) is 33.6 Å². The van der Waals surface area contributed by atoms with E-state index in [0.717, 1.165) is 12.8 Å². The second-order valence-corrected chi connectivity index (χ2v) is 2.50. The van der Waals surface area contributed by atoms with Gasteiger partial charge in [0, 0.05) is 13.0 Å². The Bertz CT molecular complexity index is 141. The summed E-state index contributed by atoms with van der Waals surface area (Å²) in [6.07, 6.45) is 2.27. The topological polar surface area (TPSA) is 37.4 Å². The molecule has 0 aliphatic carbocycles. The number of nitrogens with zero attached hydrogens (tertiary/aromatic N) is 1. The van der Waals surface area contributed by atoms with Crippen molar-refractivity contribution in [3.05, 3.63) is 0 Å². The predicted octanol–water partition coefficient (Wildman–Crippen LogP) is 1.18. The maximum Gasteiger partial charge on any atom is 0.226 e. The molecule has 0 bridgehead atoms. The summed E-state index contributed by atoms with van der Waals surface area (Å²) in [7, 11) is 0. The molecule has 0 N–H and O–H groups in total. The highest BCUT2D eigenvalue weighted by Crippen LogP contribution is 2.05. The van der Waals surface area contributed by atoms with Crippen LogP contribution in [0.3, 0.4) is 0 Å². The molecule has 2 amide bonds. The highest BCUT2D eigenvalue weighted by Gasteiger charge is 2.15. The van der Waals surface area contributed by atoms with Gasteiger partial charge in [-0.05, 0) is 12.8 Å². The molecule has 0 saturated carbocycles. The molecule has 0 saturated heterocycles. The van der Waals surface area contributed by atoms with Gasteiger partial charge in [-0.25, -0.2) is 0 Å². The van der Waals surface area contributed by atoms with Gasteiger partial charge in [0.25, 0.3) is 0 Å². The lowest BCUT2D eigenvalue weighted by Crippen LogP contribution is -2.36. The minimum Gasteiger partial charge on any atom is -0.282 e. The van der Waals surface area contributed by atoms with Crippen LogP contribution < -0.4 is 0 Å². The van der Waals surface area contributed by atoms with Crippen molar-refractivity contribution >= 4 is 12.3 Å². The van der Waals surface area contributed by atoms with E-state index in [9.17, 15) is 9.59 Å². The molecular formula is C8H15NO2. The monoisotopic (exact) mass is 157 g/mol. The van der Waals surface area contributed by atoms with Crippen LogP contribution in [0.2, 0.25) is 0 Å². The number of hydrogen-bond donors (Lipinski definition) is 0. The summed E-state index contributed by atoms with van der Waals surface area (Å²) in [6, 6.07) is 0.0741. The molecule has 3 nitrogen and oxygen atoms in total. The lowest BCUT2D eigenvalue weighted by molar-refractivity contribution is -0.139. The number of carbonyl (C=O) groups excluding carboxylic acids is 2. The summed E-state index contributed by atoms with van der Waals surface area (Å²) < 4.78 is 0. The Morgan fingerprint density at radius 2 is 1.91 bits per heavy atom. The van der Waals surface area contributed by atoms with Gasteiger partial charge < -0.3 is 0 Å². The van der Waals surface area contributed by atoms with Crippen LogP contribution in [0.25, 0.3) is 0 Å². The largest absolute Gasteiger partial charge is 0.282 e. The van der Waals surface area contributed by atoms with Gasteiger partial charge in [0.15, 0.2) is 0 Å². The van der Waals surface area contributed by atoms with Crippen molar-refractivity contribution in [2.75, 3.05) is 0 Å². The average molecular weight is 157 g/mol. The third kappa shape index (κ3) is 2.70. The smallest absolute Gasteiger partial charge is 0.226 e. The second kappa shape index (κ2) is 4.88. The van der Waals surface area contributed by atoms with Crippen molar-refractivity contribution in [1.82, 2.24) is 4.90 Å². The van der Waals surface area contributed by atoms with Crippen LogP contribution >= 0.6 is 0 Å². The third-order valence-corrected chi connectivity index (χ3v) is 1.81. The molecule has 0 atom stereocenters. The minimum atomic E-state index is -0.172. The number of amides is 2. The minimum absolute atomic E-state index is 0.0741. The molecule has 0 aliphatic heterocycles. The standard InChI is InChI=1S/C8H15NO2/c1-4-8(5-2)9(6-10)7(3)11/h6,8H,4-5H2,1-3H3. The van der Waals surface area contributed by atoms with E-state index in [1.54, 1.807) is 0 Å². The first-order valence-electron chi connectivity index (χ1n) is 3.91. The van der Waals surface area contributed by atoms with E-state index in [1.165, 1.54) is 11.8 Å². The number of rotatable bonds is 4. The van der Waals surface area contributed by atoms with Crippen LogP contribution in [-0.2, 0) is 9.59 Å². The van der Waals surface area contributed by atoms with Crippen molar-refractivity contribution in [2.45, 2.75) is 39.7 Å². The summed E-state index contributed by atoms with van der Waals surface area (Å²) in [4.78, 5) is 22.5. The molecule has 0 aromatic carbocycles. The maximum absolute atomic E-state index is 10.8. The number of imide groups is 1. The van der Waals surface area contributed by atoms with Gasteiger partial charge in [0.2, 0.25) is 12.3 Å². The van der Waals surface area contributed by atoms with Crippen molar-refractivity contribution in [1.29, 1.82) is 0 Å². The first-order valence-corrected chi connectivity index (χ1v) is 3.91. The first kappa shape index (κ1) is 10.1. The summed E-state index contributed by atoms with van der Waals surface area (Å²) in [6.45, 7) is 5.34. The van der Waals surface area contributed by atoms with Crippen LogP contribution in [0, 0.1) is 0 Å². The number of hydrogen-bond acceptors (Lipinski definition) is 2. The maximum atomic E-state index is 10.8. The van der Waals surface area contributed by atoms with Gasteiger partial charge in [0.05, 0.1) is 0 Å². The Balaban J connectivity index is 4.20. The zero-order valence-corrected chi connectivity index (χ0v) is 7.33. The molecule has 0 aromatic rings. The molecule has 64 valence electrons. The average Bonchev–Trinajstić information content (AvgIpc) is 1.99. The summed E-state index contributed by atoms with van der Waals surface area (Å²) in [5.74, 6) is -0.172. The Morgan fingerprint density at radius 1 is 1.45 bits per heavy atom. The Labute approximate surface area is 67.4 Å². The van der Waals surface area contributed by atoms with E-state index < -0.39 is 0 Å². The molecular weight excluding hydrogens is 142 g/mol. The third-order valence-electron chi connectivity index (χ3n) is 1.81. The van der Waals surface area contributed by atoms with Gasteiger partial charge in [-0.2, -0.15) is 0 Å². The highest BCUT2D eigenvalue weighted by molar-refractivity contribution is 5.84. The number of carbonyl (C=O) groups is 2. The zero-order valence-electron chi connectivity index (χ0n) is 7.33. The Hall–Kier alpha value is -0.860. The van der Waals surface area contributed by atoms with Crippen LogP contribution in [0.15, 0.2) is 0 Å². The SMILES string of the molecule is CCC(CC)N(C=O)C(C)=O. The van der Waals surface area contributed by atoms with Crippen LogP contribution in [0.5, 0.6) is 0 Å². The molecule has 0 rings (SSSR count). The fraction of sp³-hybridized carbons (Fsp3) is 0.750. The van der Waals surface area contributed by atoms with Crippen LogP contribution in [0.4, 0.5) is 0 Å². The fourth-order valence-corrected chi connectivity index (χ4v) is 1.10. The summed E-state index contributed by atoms with van der Waals surface area (Å²) in [5.41, 5.74) is 0. The van der Waals surface area contributed by atoms with Gasteiger partial charge in [-0.15, -0.1) is 0 Å². The zero-order chi connectivity index (χ0) is 8.85. The molecule has 0 heterocycles. The van der Waals surface area contributed by atoms with Gasteiger partial charge in [-0.3, -0.25) is 14.5 Å². The molecule has 0 radical (unpaired) electrons. The molecule has 0 aromatic heterocycles.